The van der Waals surface area contributed by atoms with E-state index in [2.05, 4.69) is 24.0 Å². The van der Waals surface area contributed by atoms with Crippen LogP contribution in [-0.4, -0.2) is 29.9 Å². The molecule has 3 aromatic carbocycles. The Labute approximate surface area is 231 Å². The van der Waals surface area contributed by atoms with Crippen LogP contribution in [0.1, 0.15) is 60.4 Å². The van der Waals surface area contributed by atoms with Crippen molar-refractivity contribution in [2.45, 2.75) is 71.8 Å². The quantitative estimate of drug-likeness (QED) is 0.155. The lowest BCUT2D eigenvalue weighted by Gasteiger charge is -2.38. The van der Waals surface area contributed by atoms with Crippen LogP contribution in [0.3, 0.4) is 0 Å². The number of phenols is 1. The molecule has 5 N–H and O–H groups in total. The van der Waals surface area contributed by atoms with Crippen molar-refractivity contribution in [3.05, 3.63) is 76.3 Å². The number of nitrogens with zero attached hydrogens (tertiary/aromatic N) is 1. The van der Waals surface area contributed by atoms with Crippen LogP contribution in [0.15, 0.2) is 53.5 Å². The van der Waals surface area contributed by atoms with E-state index < -0.39 is 0 Å². The van der Waals surface area contributed by atoms with Gasteiger partial charge >= 0.3 is 0 Å². The number of nitrogens with two attached hydrogens (primary N) is 2. The first-order chi connectivity index (χ1) is 18.6. The van der Waals surface area contributed by atoms with E-state index >= 15 is 0 Å². The molecule has 0 amide bonds. The molecule has 0 aromatic heterocycles. The highest BCUT2D eigenvalue weighted by Crippen LogP contribution is 2.44. The van der Waals surface area contributed by atoms with E-state index in [0.29, 0.717) is 24.7 Å². The lowest BCUT2D eigenvalue weighted by molar-refractivity contribution is 0.0513. The van der Waals surface area contributed by atoms with E-state index in [9.17, 15) is 5.11 Å². The number of guanidine groups is 1. The van der Waals surface area contributed by atoms with Gasteiger partial charge in [0.1, 0.15) is 28.6 Å². The number of hydrogen-bond acceptors (Lipinski definition) is 5. The van der Waals surface area contributed by atoms with Gasteiger partial charge in [0, 0.05) is 12.0 Å². The van der Waals surface area contributed by atoms with Gasteiger partial charge in [0.15, 0.2) is 5.96 Å². The van der Waals surface area contributed by atoms with Gasteiger partial charge in [-0.15, -0.1) is 0 Å². The topological polar surface area (TPSA) is 112 Å². The first-order valence-electron chi connectivity index (χ1n) is 13.7. The number of aromatic hydroxyl groups is 1. The molecule has 39 heavy (non-hydrogen) atoms. The fraction of sp³-hybridized carbons (Fsp3) is 0.406. The Hall–Kier alpha value is -3.87. The first-order valence-corrected chi connectivity index (χ1v) is 13.7. The molecule has 0 spiro atoms. The second kappa shape index (κ2) is 12.3. The van der Waals surface area contributed by atoms with E-state index in [1.54, 1.807) is 0 Å². The minimum absolute atomic E-state index is 0.0364. The van der Waals surface area contributed by atoms with Gasteiger partial charge in [-0.2, -0.15) is 0 Å². The van der Waals surface area contributed by atoms with E-state index in [-0.39, 0.29) is 11.6 Å². The Bertz CT molecular complexity index is 1300. The molecule has 1 aliphatic rings. The Balaban J connectivity index is 1.16. The van der Waals surface area contributed by atoms with Crippen LogP contribution in [0.4, 0.5) is 5.69 Å². The van der Waals surface area contributed by atoms with E-state index in [1.165, 1.54) is 5.56 Å². The van der Waals surface area contributed by atoms with Gasteiger partial charge in [0.2, 0.25) is 0 Å². The maximum atomic E-state index is 10.4. The van der Waals surface area contributed by atoms with Crippen molar-refractivity contribution < 1.29 is 19.3 Å². The largest absolute Gasteiger partial charge is 0.507 e. The van der Waals surface area contributed by atoms with Gasteiger partial charge in [-0.05, 0) is 118 Å². The minimum Gasteiger partial charge on any atom is -0.507 e. The fourth-order valence-electron chi connectivity index (χ4n) is 5.07. The SMILES string of the molecule is Cc1c(C)c2c(c(C)c1O)CCC(C)(CCCCOc1ccc(CCOc3ccc(N=C(N)N)cc3)cc1)O2. The van der Waals surface area contributed by atoms with Crippen molar-refractivity contribution in [3.63, 3.8) is 0 Å². The zero-order valence-electron chi connectivity index (χ0n) is 23.5. The minimum atomic E-state index is -0.189. The van der Waals surface area contributed by atoms with Crippen molar-refractivity contribution in [2.75, 3.05) is 13.2 Å². The van der Waals surface area contributed by atoms with Crippen molar-refractivity contribution in [2.24, 2.45) is 16.5 Å². The van der Waals surface area contributed by atoms with Gasteiger partial charge in [-0.3, -0.25) is 0 Å². The average Bonchev–Trinajstić information content (AvgIpc) is 2.92. The number of rotatable bonds is 11. The summed E-state index contributed by atoms with van der Waals surface area (Å²) in [6.07, 6.45) is 5.67. The van der Waals surface area contributed by atoms with Gasteiger partial charge in [0.05, 0.1) is 18.9 Å². The Morgan fingerprint density at radius 3 is 2.21 bits per heavy atom. The number of aliphatic imine (C=N–C) groups is 1. The molecule has 208 valence electrons. The molecule has 4 rings (SSSR count). The molecule has 1 aliphatic heterocycles. The summed E-state index contributed by atoms with van der Waals surface area (Å²) in [5, 5.41) is 10.4. The summed E-state index contributed by atoms with van der Waals surface area (Å²) < 4.78 is 18.4. The molecule has 7 nitrogen and oxygen atoms in total. The molecule has 7 heteroatoms. The molecule has 0 fully saturated rings. The summed E-state index contributed by atoms with van der Waals surface area (Å²) in [7, 11) is 0. The molecule has 1 unspecified atom stereocenters. The third-order valence-electron chi connectivity index (χ3n) is 7.64. The lowest BCUT2D eigenvalue weighted by atomic mass is 9.85. The van der Waals surface area contributed by atoms with Crippen LogP contribution in [0.25, 0.3) is 0 Å². The summed E-state index contributed by atoms with van der Waals surface area (Å²) in [6.45, 7) is 9.45. The van der Waals surface area contributed by atoms with Crippen molar-refractivity contribution in [3.8, 4) is 23.0 Å². The standard InChI is InChI=1S/C32H41N3O4/c1-21-22(2)30-28(23(3)29(21)36)15-18-32(4,39-30)17-5-6-19-37-26-11-7-24(8-12-26)16-20-38-27-13-9-25(10-14-27)35-31(33)34/h7-14,36H,5-6,15-20H2,1-4H3,(H4,33,34,35). The molecule has 0 aliphatic carbocycles. The smallest absolute Gasteiger partial charge is 0.191 e. The lowest BCUT2D eigenvalue weighted by Crippen LogP contribution is -2.37. The van der Waals surface area contributed by atoms with Crippen molar-refractivity contribution in [1.82, 2.24) is 0 Å². The second-order valence-corrected chi connectivity index (χ2v) is 10.7. The summed E-state index contributed by atoms with van der Waals surface area (Å²) in [4.78, 5) is 4.00. The van der Waals surface area contributed by atoms with Gasteiger partial charge in [-0.1, -0.05) is 12.1 Å². The first kappa shape index (κ1) is 28.1. The predicted octanol–water partition coefficient (Wildman–Crippen LogP) is 6.18. The Morgan fingerprint density at radius 2 is 1.54 bits per heavy atom. The molecule has 0 radical (unpaired) electrons. The number of hydrogen-bond donors (Lipinski definition) is 3. The second-order valence-electron chi connectivity index (χ2n) is 10.7. The highest BCUT2D eigenvalue weighted by Gasteiger charge is 2.34. The maximum Gasteiger partial charge on any atom is 0.191 e. The Kier molecular flexibility index (Phi) is 8.90. The van der Waals surface area contributed by atoms with E-state index in [0.717, 1.165) is 78.0 Å². The van der Waals surface area contributed by atoms with E-state index in [4.69, 9.17) is 25.7 Å². The highest BCUT2D eigenvalue weighted by atomic mass is 16.5. The summed E-state index contributed by atoms with van der Waals surface area (Å²) in [5.74, 6) is 3.07. The molecular formula is C32H41N3O4. The summed E-state index contributed by atoms with van der Waals surface area (Å²) >= 11 is 0. The fourth-order valence-corrected chi connectivity index (χ4v) is 5.07. The Morgan fingerprint density at radius 1 is 0.897 bits per heavy atom. The van der Waals surface area contributed by atoms with E-state index in [1.807, 2.05) is 57.2 Å². The summed E-state index contributed by atoms with van der Waals surface area (Å²) in [6, 6.07) is 15.5. The van der Waals surface area contributed by atoms with Crippen LogP contribution in [0, 0.1) is 20.8 Å². The average molecular weight is 532 g/mol. The summed E-state index contributed by atoms with van der Waals surface area (Å²) in [5.41, 5.74) is 16.6. The third kappa shape index (κ3) is 7.16. The number of fused-ring (bicyclic) bond motifs is 1. The third-order valence-corrected chi connectivity index (χ3v) is 7.64. The number of benzene rings is 3. The van der Waals surface area contributed by atoms with Crippen LogP contribution in [0.2, 0.25) is 0 Å². The zero-order chi connectivity index (χ0) is 28.0. The molecular weight excluding hydrogens is 490 g/mol. The van der Waals surface area contributed by atoms with Gasteiger partial charge in [-0.25, -0.2) is 4.99 Å². The van der Waals surface area contributed by atoms with Crippen LogP contribution >= 0.6 is 0 Å². The zero-order valence-corrected chi connectivity index (χ0v) is 23.5. The number of ether oxygens (including phenoxy) is 3. The normalized spacial score (nSPS) is 16.2. The van der Waals surface area contributed by atoms with Gasteiger partial charge < -0.3 is 30.8 Å². The molecule has 3 aromatic rings. The highest BCUT2D eigenvalue weighted by molar-refractivity contribution is 5.79. The molecule has 0 saturated carbocycles. The molecule has 1 atom stereocenters. The molecule has 0 saturated heterocycles. The monoisotopic (exact) mass is 531 g/mol. The molecule has 1 heterocycles. The van der Waals surface area contributed by atoms with Crippen LogP contribution in [0.5, 0.6) is 23.0 Å². The van der Waals surface area contributed by atoms with Crippen molar-refractivity contribution >= 4 is 11.6 Å². The van der Waals surface area contributed by atoms with Crippen LogP contribution < -0.4 is 25.7 Å². The molecule has 0 bridgehead atoms. The number of phenolic OH excluding ortho intramolecular Hbond substituents is 1. The maximum absolute atomic E-state index is 10.4. The number of unbranched alkanes of at least 4 members (excludes halogenated alkanes) is 1. The predicted molar refractivity (Wildman–Crippen MR) is 157 cm³/mol. The van der Waals surface area contributed by atoms with Gasteiger partial charge in [0.25, 0.3) is 0 Å². The van der Waals surface area contributed by atoms with Crippen LogP contribution in [-0.2, 0) is 12.8 Å². The van der Waals surface area contributed by atoms with Crippen molar-refractivity contribution in [1.29, 1.82) is 0 Å².